The van der Waals surface area contributed by atoms with Crippen LogP contribution in [0.3, 0.4) is 0 Å². The third-order valence-corrected chi connectivity index (χ3v) is 6.27. The Kier molecular flexibility index (Phi) is 5.30. The molecule has 33 heavy (non-hydrogen) atoms. The first-order valence-corrected chi connectivity index (χ1v) is 10.9. The average Bonchev–Trinajstić information content (AvgIpc) is 3.09. The summed E-state index contributed by atoms with van der Waals surface area (Å²) in [6.07, 6.45) is 1.94. The van der Waals surface area contributed by atoms with E-state index >= 15 is 0 Å². The molecule has 2 N–H and O–H groups in total. The molecule has 0 aliphatic carbocycles. The standard InChI is InChI=1S/C24H26F2N7/c1-16-28-23-14-21(29-24(27)33(23,2)30-16)18-5-3-4-17(12-18)15-31-8-10-32(11-9-31)22-7-6-19(25)13-20(22)26/h3-7,12-14H,8-11,15H2,1-2H3,(H2,27,29)/q+1. The molecule has 1 saturated heterocycles. The summed E-state index contributed by atoms with van der Waals surface area (Å²) in [6, 6.07) is 12.0. The summed E-state index contributed by atoms with van der Waals surface area (Å²) < 4.78 is 27.4. The normalized spacial score (nSPS) is 23.0. The molecular weight excluding hydrogens is 424 g/mol. The fourth-order valence-electron chi connectivity index (χ4n) is 4.45. The van der Waals surface area contributed by atoms with Gasteiger partial charge in [-0.3, -0.25) is 4.90 Å². The SMILES string of the molecule is CC1=N[N+]2(C)C(N)=NC(c3cccc(CN4CCN(c5ccc(F)cc5F)CC4)c3)=CC2=N1. The van der Waals surface area contributed by atoms with Crippen molar-refractivity contribution in [3.63, 3.8) is 0 Å². The van der Waals surface area contributed by atoms with Crippen molar-refractivity contribution in [2.75, 3.05) is 38.1 Å². The topological polar surface area (TPSA) is 69.6 Å². The van der Waals surface area contributed by atoms with E-state index in [0.717, 1.165) is 48.4 Å². The molecule has 0 bridgehead atoms. The van der Waals surface area contributed by atoms with Gasteiger partial charge < -0.3 is 10.6 Å². The zero-order valence-corrected chi connectivity index (χ0v) is 18.7. The molecule has 0 amide bonds. The lowest BCUT2D eigenvalue weighted by Gasteiger charge is -2.36. The van der Waals surface area contributed by atoms with Crippen molar-refractivity contribution < 1.29 is 13.4 Å². The van der Waals surface area contributed by atoms with Crippen LogP contribution in [-0.4, -0.2) is 60.3 Å². The van der Waals surface area contributed by atoms with Gasteiger partial charge in [-0.2, -0.15) is 9.98 Å². The summed E-state index contributed by atoms with van der Waals surface area (Å²) in [6.45, 7) is 5.57. The van der Waals surface area contributed by atoms with Gasteiger partial charge >= 0.3 is 5.96 Å². The molecule has 0 radical (unpaired) electrons. The minimum atomic E-state index is -0.555. The second-order valence-corrected chi connectivity index (χ2v) is 8.64. The predicted octanol–water partition coefficient (Wildman–Crippen LogP) is 3.15. The van der Waals surface area contributed by atoms with E-state index in [1.165, 1.54) is 12.1 Å². The van der Waals surface area contributed by atoms with E-state index < -0.39 is 11.6 Å². The maximum absolute atomic E-state index is 14.1. The molecule has 3 aliphatic rings. The van der Waals surface area contributed by atoms with Crippen molar-refractivity contribution in [3.8, 4) is 0 Å². The Morgan fingerprint density at radius 3 is 2.58 bits per heavy atom. The first kappa shape index (κ1) is 21.4. The summed E-state index contributed by atoms with van der Waals surface area (Å²) in [5, 5.41) is 4.48. The second-order valence-electron chi connectivity index (χ2n) is 8.64. The Balaban J connectivity index is 1.27. The lowest BCUT2D eigenvalue weighted by molar-refractivity contribution is -0.729. The Labute approximate surface area is 191 Å². The largest absolute Gasteiger partial charge is 0.367 e. The summed E-state index contributed by atoms with van der Waals surface area (Å²) >= 11 is 0. The number of hydrogen-bond acceptors (Lipinski definition) is 6. The lowest BCUT2D eigenvalue weighted by atomic mass is 10.1. The molecule has 0 spiro atoms. The van der Waals surface area contributed by atoms with E-state index in [4.69, 9.17) is 5.73 Å². The quantitative estimate of drug-likeness (QED) is 0.728. The minimum Gasteiger partial charge on any atom is -0.367 e. The van der Waals surface area contributed by atoms with Gasteiger partial charge in [-0.05, 0) is 23.8 Å². The molecule has 170 valence electrons. The van der Waals surface area contributed by atoms with Crippen molar-refractivity contribution >= 4 is 29.0 Å². The molecule has 3 heterocycles. The van der Waals surface area contributed by atoms with Gasteiger partial charge in [0.1, 0.15) is 18.7 Å². The smallest absolute Gasteiger partial charge is 0.333 e. The highest BCUT2D eigenvalue weighted by Crippen LogP contribution is 2.28. The zero-order chi connectivity index (χ0) is 23.2. The van der Waals surface area contributed by atoms with Crippen LogP contribution in [-0.2, 0) is 6.54 Å². The van der Waals surface area contributed by atoms with Crippen LogP contribution in [0.15, 0.2) is 63.6 Å². The maximum Gasteiger partial charge on any atom is 0.333 e. The summed E-state index contributed by atoms with van der Waals surface area (Å²) in [5.41, 5.74) is 9.60. The number of piperazine rings is 1. The third kappa shape index (κ3) is 4.05. The van der Waals surface area contributed by atoms with Crippen LogP contribution in [0.5, 0.6) is 0 Å². The van der Waals surface area contributed by atoms with Gasteiger partial charge in [-0.15, -0.1) is 0 Å². The van der Waals surface area contributed by atoms with E-state index in [1.54, 1.807) is 0 Å². The number of nitrogens with zero attached hydrogens (tertiary/aromatic N) is 6. The first-order valence-electron chi connectivity index (χ1n) is 10.9. The summed E-state index contributed by atoms with van der Waals surface area (Å²) in [4.78, 5) is 13.4. The number of benzene rings is 2. The van der Waals surface area contributed by atoms with Crippen LogP contribution >= 0.6 is 0 Å². The number of fused-ring (bicyclic) bond motifs is 1. The monoisotopic (exact) mass is 450 g/mol. The van der Waals surface area contributed by atoms with Crippen LogP contribution in [0.25, 0.3) is 5.70 Å². The van der Waals surface area contributed by atoms with Crippen LogP contribution in [0.1, 0.15) is 18.1 Å². The minimum absolute atomic E-state index is 0.0634. The average molecular weight is 451 g/mol. The number of quaternary nitrogens is 1. The molecule has 1 atom stereocenters. The molecule has 9 heteroatoms. The molecule has 3 aliphatic heterocycles. The Hall–Kier alpha value is -3.43. The van der Waals surface area contributed by atoms with E-state index in [1.807, 2.05) is 37.1 Å². The van der Waals surface area contributed by atoms with E-state index in [0.29, 0.717) is 30.6 Å². The molecule has 1 fully saturated rings. The number of nitrogens with two attached hydrogens (primary N) is 1. The predicted molar refractivity (Wildman–Crippen MR) is 127 cm³/mol. The Morgan fingerprint density at radius 2 is 1.82 bits per heavy atom. The van der Waals surface area contributed by atoms with Gasteiger partial charge in [-0.25, -0.2) is 8.78 Å². The van der Waals surface area contributed by atoms with Crippen molar-refractivity contribution in [1.82, 2.24) is 4.90 Å². The van der Waals surface area contributed by atoms with Crippen molar-refractivity contribution in [2.45, 2.75) is 13.5 Å². The van der Waals surface area contributed by atoms with Crippen molar-refractivity contribution in [1.29, 1.82) is 0 Å². The molecule has 5 rings (SSSR count). The molecule has 2 aromatic carbocycles. The number of amidine groups is 2. The highest BCUT2D eigenvalue weighted by molar-refractivity contribution is 6.11. The number of halogens is 2. The van der Waals surface area contributed by atoms with Gasteiger partial charge in [0, 0.05) is 57.4 Å². The highest BCUT2D eigenvalue weighted by atomic mass is 19.1. The van der Waals surface area contributed by atoms with E-state index in [9.17, 15) is 8.78 Å². The fraction of sp³-hybridized carbons (Fsp3) is 0.292. The number of likely N-dealkylation sites (N-methyl/N-ethyl adjacent to an activating group) is 1. The molecule has 0 saturated carbocycles. The zero-order valence-electron chi connectivity index (χ0n) is 18.7. The third-order valence-electron chi connectivity index (χ3n) is 6.27. The number of guanidine groups is 1. The Morgan fingerprint density at radius 1 is 1.03 bits per heavy atom. The first-order chi connectivity index (χ1) is 15.8. The van der Waals surface area contributed by atoms with Crippen LogP contribution < -0.4 is 10.6 Å². The van der Waals surface area contributed by atoms with Gasteiger partial charge in [0.25, 0.3) is 5.84 Å². The molecular formula is C24H26F2N7+. The fourth-order valence-corrected chi connectivity index (χ4v) is 4.45. The number of anilines is 1. The highest BCUT2D eigenvalue weighted by Gasteiger charge is 2.42. The van der Waals surface area contributed by atoms with Crippen LogP contribution in [0, 0.1) is 11.6 Å². The Bertz CT molecular complexity index is 1230. The van der Waals surface area contributed by atoms with Gasteiger partial charge in [-0.1, -0.05) is 27.9 Å². The molecule has 2 aromatic rings. The summed E-state index contributed by atoms with van der Waals surface area (Å²) in [5.74, 6) is 0.748. The molecule has 0 aromatic heterocycles. The van der Waals surface area contributed by atoms with E-state index in [2.05, 4.69) is 32.1 Å². The van der Waals surface area contributed by atoms with Crippen molar-refractivity contribution in [3.05, 3.63) is 71.3 Å². The maximum atomic E-state index is 14.1. The van der Waals surface area contributed by atoms with E-state index in [-0.39, 0.29) is 4.59 Å². The second kappa shape index (κ2) is 8.17. The van der Waals surface area contributed by atoms with Gasteiger partial charge in [0.15, 0.2) is 5.84 Å². The van der Waals surface area contributed by atoms with Crippen LogP contribution in [0.4, 0.5) is 14.5 Å². The van der Waals surface area contributed by atoms with Crippen LogP contribution in [0.2, 0.25) is 0 Å². The molecule has 7 nitrogen and oxygen atoms in total. The number of aliphatic imine (C=N–C) groups is 2. The van der Waals surface area contributed by atoms with Gasteiger partial charge in [0.05, 0.1) is 11.4 Å². The number of hydrogen-bond donors (Lipinski definition) is 1. The molecule has 1 unspecified atom stereocenters. The lowest BCUT2D eigenvalue weighted by Crippen LogP contribution is -2.52. The number of rotatable bonds is 4. The van der Waals surface area contributed by atoms with Crippen molar-refractivity contribution in [2.24, 2.45) is 20.8 Å². The summed E-state index contributed by atoms with van der Waals surface area (Å²) in [7, 11) is 1.87. The van der Waals surface area contributed by atoms with Gasteiger partial charge in [0.2, 0.25) is 0 Å².